The van der Waals surface area contributed by atoms with Crippen molar-refractivity contribution < 1.29 is 17.8 Å². The van der Waals surface area contributed by atoms with Gasteiger partial charge in [-0.05, 0) is 25.5 Å². The average Bonchev–Trinajstić information content (AvgIpc) is 2.66. The van der Waals surface area contributed by atoms with E-state index in [4.69, 9.17) is 4.55 Å². The average molecular weight is 312 g/mol. The highest BCUT2D eigenvalue weighted by Crippen LogP contribution is 2.34. The molecule has 2 aliphatic heterocycles. The molecule has 2 aliphatic rings. The molecule has 3 rings (SSSR count). The van der Waals surface area contributed by atoms with Crippen LogP contribution in [0.15, 0.2) is 29.2 Å². The first kappa shape index (κ1) is 15.9. The predicted octanol–water partition coefficient (Wildman–Crippen LogP) is 0.680. The molecule has 1 aromatic rings. The lowest BCUT2D eigenvalue weighted by molar-refractivity contribution is -0.137. The van der Waals surface area contributed by atoms with Crippen molar-refractivity contribution in [3.8, 4) is 0 Å². The SMILES string of the molecule is CN1CCC2(CNC2)C1=O.Cc1ccc(S(=O)(=O)O)cc1. The van der Waals surface area contributed by atoms with Gasteiger partial charge < -0.3 is 10.2 Å². The first-order valence-electron chi connectivity index (χ1n) is 6.75. The third-order valence-electron chi connectivity index (χ3n) is 3.97. The molecule has 116 valence electrons. The summed E-state index contributed by atoms with van der Waals surface area (Å²) in [6.07, 6.45) is 1.05. The lowest BCUT2D eigenvalue weighted by Gasteiger charge is -2.36. The summed E-state index contributed by atoms with van der Waals surface area (Å²) in [6, 6.07) is 5.99. The third kappa shape index (κ3) is 3.42. The highest BCUT2D eigenvalue weighted by molar-refractivity contribution is 7.85. The lowest BCUT2D eigenvalue weighted by atomic mass is 9.80. The molecular formula is C14H20N2O4S. The van der Waals surface area contributed by atoms with Gasteiger partial charge in [-0.2, -0.15) is 8.42 Å². The van der Waals surface area contributed by atoms with Gasteiger partial charge in [0, 0.05) is 26.7 Å². The smallest absolute Gasteiger partial charge is 0.294 e. The quantitative estimate of drug-likeness (QED) is 0.745. The van der Waals surface area contributed by atoms with Crippen molar-refractivity contribution in [3.05, 3.63) is 29.8 Å². The molecule has 6 nitrogen and oxygen atoms in total. The maximum atomic E-state index is 11.4. The number of amides is 1. The van der Waals surface area contributed by atoms with Crippen LogP contribution in [0.4, 0.5) is 0 Å². The molecule has 0 bridgehead atoms. The van der Waals surface area contributed by atoms with Gasteiger partial charge in [0.1, 0.15) is 0 Å². The maximum absolute atomic E-state index is 11.4. The summed E-state index contributed by atoms with van der Waals surface area (Å²) >= 11 is 0. The Bertz CT molecular complexity index is 621. The monoisotopic (exact) mass is 312 g/mol. The Morgan fingerprint density at radius 1 is 1.24 bits per heavy atom. The van der Waals surface area contributed by atoms with E-state index in [9.17, 15) is 13.2 Å². The zero-order valence-corrected chi connectivity index (χ0v) is 13.0. The summed E-state index contributed by atoms with van der Waals surface area (Å²) in [5, 5.41) is 3.15. The summed E-state index contributed by atoms with van der Waals surface area (Å²) in [4.78, 5) is 13.2. The molecule has 0 saturated carbocycles. The number of benzene rings is 1. The van der Waals surface area contributed by atoms with Crippen LogP contribution in [0.5, 0.6) is 0 Å². The van der Waals surface area contributed by atoms with E-state index in [0.29, 0.717) is 5.91 Å². The van der Waals surface area contributed by atoms with Crippen LogP contribution in [0.25, 0.3) is 0 Å². The van der Waals surface area contributed by atoms with Gasteiger partial charge in [-0.3, -0.25) is 9.35 Å². The second kappa shape index (κ2) is 5.75. The summed E-state index contributed by atoms with van der Waals surface area (Å²) in [6.45, 7) is 4.58. The first-order chi connectivity index (χ1) is 9.74. The summed E-state index contributed by atoms with van der Waals surface area (Å²) < 4.78 is 29.6. The Kier molecular flexibility index (Phi) is 4.36. The second-order valence-electron chi connectivity index (χ2n) is 5.65. The van der Waals surface area contributed by atoms with Gasteiger partial charge in [0.25, 0.3) is 10.1 Å². The minimum Gasteiger partial charge on any atom is -0.345 e. The van der Waals surface area contributed by atoms with E-state index < -0.39 is 10.1 Å². The van der Waals surface area contributed by atoms with E-state index in [1.807, 2.05) is 18.9 Å². The number of nitrogens with zero attached hydrogens (tertiary/aromatic N) is 1. The van der Waals surface area contributed by atoms with Crippen LogP contribution in [-0.2, 0) is 14.9 Å². The number of likely N-dealkylation sites (tertiary alicyclic amines) is 1. The van der Waals surface area contributed by atoms with Crippen LogP contribution in [-0.4, -0.2) is 50.5 Å². The Hall–Kier alpha value is -1.44. The minimum atomic E-state index is -4.02. The van der Waals surface area contributed by atoms with Crippen LogP contribution in [0.3, 0.4) is 0 Å². The summed E-state index contributed by atoms with van der Waals surface area (Å²) in [5.74, 6) is 0.339. The van der Waals surface area contributed by atoms with Crippen LogP contribution >= 0.6 is 0 Å². The largest absolute Gasteiger partial charge is 0.345 e. The van der Waals surface area contributed by atoms with Gasteiger partial charge in [-0.25, -0.2) is 0 Å². The number of nitrogens with one attached hydrogen (secondary N) is 1. The number of rotatable bonds is 1. The van der Waals surface area contributed by atoms with Gasteiger partial charge in [-0.15, -0.1) is 0 Å². The highest BCUT2D eigenvalue weighted by atomic mass is 32.2. The topological polar surface area (TPSA) is 86.7 Å². The van der Waals surface area contributed by atoms with Crippen molar-refractivity contribution in [2.24, 2.45) is 5.41 Å². The van der Waals surface area contributed by atoms with Gasteiger partial charge >= 0.3 is 0 Å². The van der Waals surface area contributed by atoms with Crippen LogP contribution < -0.4 is 5.32 Å². The molecule has 2 fully saturated rings. The number of carbonyl (C=O) groups excluding carboxylic acids is 1. The second-order valence-corrected chi connectivity index (χ2v) is 7.07. The van der Waals surface area contributed by atoms with E-state index in [1.165, 1.54) is 12.1 Å². The van der Waals surface area contributed by atoms with Crippen LogP contribution in [0.1, 0.15) is 12.0 Å². The van der Waals surface area contributed by atoms with Crippen LogP contribution in [0.2, 0.25) is 0 Å². The molecule has 0 unspecified atom stereocenters. The van der Waals surface area contributed by atoms with Gasteiger partial charge in [-0.1, -0.05) is 17.7 Å². The molecule has 1 aromatic carbocycles. The number of carbonyl (C=O) groups is 1. The van der Waals surface area contributed by atoms with Gasteiger partial charge in [0.2, 0.25) is 5.91 Å². The fourth-order valence-electron chi connectivity index (χ4n) is 2.46. The molecule has 1 amide bonds. The highest BCUT2D eigenvalue weighted by Gasteiger charge is 2.49. The molecule has 0 aromatic heterocycles. The van der Waals surface area contributed by atoms with Gasteiger partial charge in [0.15, 0.2) is 0 Å². The predicted molar refractivity (Wildman–Crippen MR) is 78.6 cm³/mol. The van der Waals surface area contributed by atoms with E-state index in [0.717, 1.165) is 31.6 Å². The number of hydrogen-bond acceptors (Lipinski definition) is 4. The van der Waals surface area contributed by atoms with Gasteiger partial charge in [0.05, 0.1) is 10.3 Å². The lowest BCUT2D eigenvalue weighted by Crippen LogP contribution is -2.57. The minimum absolute atomic E-state index is 0.0226. The molecule has 0 radical (unpaired) electrons. The van der Waals surface area contributed by atoms with E-state index in [-0.39, 0.29) is 10.3 Å². The molecule has 2 heterocycles. The van der Waals surface area contributed by atoms with Crippen molar-refractivity contribution in [1.82, 2.24) is 10.2 Å². The maximum Gasteiger partial charge on any atom is 0.294 e. The molecule has 7 heteroatoms. The first-order valence-corrected chi connectivity index (χ1v) is 8.19. The summed E-state index contributed by atoms with van der Waals surface area (Å²) in [5.41, 5.74) is 0.978. The zero-order valence-electron chi connectivity index (χ0n) is 12.2. The molecule has 1 spiro atoms. The fourth-order valence-corrected chi connectivity index (χ4v) is 2.94. The molecular weight excluding hydrogens is 292 g/mol. The number of aryl methyl sites for hydroxylation is 1. The Balaban J connectivity index is 0.000000154. The molecule has 2 N–H and O–H groups in total. The fraction of sp³-hybridized carbons (Fsp3) is 0.500. The Labute approximate surface area is 124 Å². The summed E-state index contributed by atoms with van der Waals surface area (Å²) in [7, 11) is -2.14. The molecule has 0 aliphatic carbocycles. The van der Waals surface area contributed by atoms with Crippen molar-refractivity contribution >= 4 is 16.0 Å². The van der Waals surface area contributed by atoms with Crippen molar-refractivity contribution in [3.63, 3.8) is 0 Å². The Morgan fingerprint density at radius 3 is 2.10 bits per heavy atom. The standard InChI is InChI=1S/C7H12N2O.C7H8O3S/c1-9-3-2-7(6(9)10)4-8-5-7;1-6-2-4-7(5-3-6)11(8,9)10/h8H,2-5H2,1H3;2-5H,1H3,(H,8,9,10). The van der Waals surface area contributed by atoms with Crippen molar-refractivity contribution in [2.45, 2.75) is 18.2 Å². The van der Waals surface area contributed by atoms with E-state index >= 15 is 0 Å². The molecule has 0 atom stereocenters. The Morgan fingerprint density at radius 2 is 1.81 bits per heavy atom. The number of hydrogen-bond donors (Lipinski definition) is 2. The molecule has 2 saturated heterocycles. The van der Waals surface area contributed by atoms with Crippen LogP contribution in [0, 0.1) is 12.3 Å². The third-order valence-corrected chi connectivity index (χ3v) is 4.84. The van der Waals surface area contributed by atoms with E-state index in [1.54, 1.807) is 12.1 Å². The molecule has 21 heavy (non-hydrogen) atoms. The van der Waals surface area contributed by atoms with Crippen molar-refractivity contribution in [2.75, 3.05) is 26.7 Å². The zero-order chi connectivity index (χ0) is 15.7. The van der Waals surface area contributed by atoms with E-state index in [2.05, 4.69) is 5.32 Å². The normalized spacial score (nSPS) is 20.0. The van der Waals surface area contributed by atoms with Crippen molar-refractivity contribution in [1.29, 1.82) is 0 Å².